The number of ketones is 2. The SMILES string of the molecule is O=C(c1ccccc1)C1CCc2ccccc2C1C(=O)c1ccccc1. The second-order valence-electron chi connectivity index (χ2n) is 6.78. The summed E-state index contributed by atoms with van der Waals surface area (Å²) in [6.45, 7) is 0. The Bertz CT molecular complexity index is 929. The number of rotatable bonds is 4. The van der Waals surface area contributed by atoms with Gasteiger partial charge in [-0.1, -0.05) is 84.9 Å². The molecule has 2 heteroatoms. The summed E-state index contributed by atoms with van der Waals surface area (Å²) in [7, 11) is 0. The van der Waals surface area contributed by atoms with Crippen LogP contribution in [0, 0.1) is 5.92 Å². The van der Waals surface area contributed by atoms with Crippen LogP contribution in [0.5, 0.6) is 0 Å². The molecule has 0 N–H and O–H groups in total. The molecule has 0 radical (unpaired) electrons. The van der Waals surface area contributed by atoms with Gasteiger partial charge in [-0.2, -0.15) is 0 Å². The molecular weight excluding hydrogens is 320 g/mol. The Hall–Kier alpha value is -3.00. The lowest BCUT2D eigenvalue weighted by Crippen LogP contribution is -2.33. The van der Waals surface area contributed by atoms with Gasteiger partial charge in [0.05, 0.1) is 5.92 Å². The van der Waals surface area contributed by atoms with Gasteiger partial charge in [0.2, 0.25) is 0 Å². The zero-order valence-corrected chi connectivity index (χ0v) is 14.5. The average Bonchev–Trinajstić information content (AvgIpc) is 2.73. The van der Waals surface area contributed by atoms with Crippen LogP contribution in [-0.4, -0.2) is 11.6 Å². The summed E-state index contributed by atoms with van der Waals surface area (Å²) in [5, 5.41) is 0. The van der Waals surface area contributed by atoms with Gasteiger partial charge in [-0.15, -0.1) is 0 Å². The maximum absolute atomic E-state index is 13.4. The van der Waals surface area contributed by atoms with Crippen molar-refractivity contribution in [3.05, 3.63) is 107 Å². The molecule has 0 aromatic heterocycles. The summed E-state index contributed by atoms with van der Waals surface area (Å²) >= 11 is 0. The zero-order valence-electron chi connectivity index (χ0n) is 14.5. The van der Waals surface area contributed by atoms with E-state index in [0.717, 1.165) is 12.0 Å². The van der Waals surface area contributed by atoms with Gasteiger partial charge in [-0.05, 0) is 24.0 Å². The second-order valence-corrected chi connectivity index (χ2v) is 6.78. The average molecular weight is 340 g/mol. The minimum Gasteiger partial charge on any atom is -0.294 e. The highest BCUT2D eigenvalue weighted by Gasteiger charge is 2.39. The van der Waals surface area contributed by atoms with Crippen molar-refractivity contribution in [1.29, 1.82) is 0 Å². The predicted molar refractivity (Wildman–Crippen MR) is 103 cm³/mol. The number of fused-ring (bicyclic) bond motifs is 1. The van der Waals surface area contributed by atoms with Crippen molar-refractivity contribution in [2.45, 2.75) is 18.8 Å². The first-order valence-corrected chi connectivity index (χ1v) is 9.02. The molecule has 0 aliphatic heterocycles. The van der Waals surface area contributed by atoms with Crippen LogP contribution < -0.4 is 0 Å². The van der Waals surface area contributed by atoms with Crippen molar-refractivity contribution in [3.8, 4) is 0 Å². The van der Waals surface area contributed by atoms with Crippen molar-refractivity contribution in [2.24, 2.45) is 5.92 Å². The number of carbonyl (C=O) groups excluding carboxylic acids is 2. The minimum absolute atomic E-state index is 0.0343. The number of benzene rings is 3. The number of Topliss-reactive ketones (excluding diaryl/α,β-unsaturated/α-hetero) is 2. The Morgan fingerprint density at radius 2 is 1.19 bits per heavy atom. The summed E-state index contributed by atoms with van der Waals surface area (Å²) in [5.74, 6) is -0.642. The summed E-state index contributed by atoms with van der Waals surface area (Å²) < 4.78 is 0. The lowest BCUT2D eigenvalue weighted by atomic mass is 9.69. The summed E-state index contributed by atoms with van der Waals surface area (Å²) in [5.41, 5.74) is 3.53. The molecule has 3 aromatic rings. The van der Waals surface area contributed by atoms with E-state index < -0.39 is 5.92 Å². The molecule has 2 atom stereocenters. The molecule has 128 valence electrons. The summed E-state index contributed by atoms with van der Waals surface area (Å²) in [4.78, 5) is 26.6. The van der Waals surface area contributed by atoms with E-state index in [1.54, 1.807) is 0 Å². The fraction of sp³-hybridized carbons (Fsp3) is 0.167. The lowest BCUT2D eigenvalue weighted by molar-refractivity contribution is 0.0805. The third-order valence-corrected chi connectivity index (χ3v) is 5.25. The Kier molecular flexibility index (Phi) is 4.49. The van der Waals surface area contributed by atoms with Crippen molar-refractivity contribution in [3.63, 3.8) is 0 Å². The molecular formula is C24H20O2. The topological polar surface area (TPSA) is 34.1 Å². The normalized spacial score (nSPS) is 18.8. The molecule has 3 aromatic carbocycles. The van der Waals surface area contributed by atoms with E-state index in [4.69, 9.17) is 0 Å². The lowest BCUT2D eigenvalue weighted by Gasteiger charge is -2.32. The molecule has 0 fully saturated rings. The predicted octanol–water partition coefficient (Wildman–Crippen LogP) is 5.10. The summed E-state index contributed by atoms with van der Waals surface area (Å²) in [6.07, 6.45) is 1.53. The van der Waals surface area contributed by atoms with Gasteiger partial charge in [0.1, 0.15) is 0 Å². The molecule has 1 aliphatic rings. The Labute approximate surface area is 153 Å². The highest BCUT2D eigenvalue weighted by molar-refractivity contribution is 6.07. The van der Waals surface area contributed by atoms with Gasteiger partial charge in [0, 0.05) is 17.0 Å². The van der Waals surface area contributed by atoms with Crippen LogP contribution in [0.3, 0.4) is 0 Å². The fourth-order valence-electron chi connectivity index (χ4n) is 3.96. The fourth-order valence-corrected chi connectivity index (χ4v) is 3.96. The first kappa shape index (κ1) is 16.5. The van der Waals surface area contributed by atoms with Gasteiger partial charge in [0.15, 0.2) is 11.6 Å². The molecule has 0 amide bonds. The smallest absolute Gasteiger partial charge is 0.171 e. The quantitative estimate of drug-likeness (QED) is 0.619. The molecule has 2 unspecified atom stereocenters. The van der Waals surface area contributed by atoms with Crippen LogP contribution >= 0.6 is 0 Å². The number of aryl methyl sites for hydroxylation is 1. The van der Waals surface area contributed by atoms with E-state index >= 15 is 0 Å². The Morgan fingerprint density at radius 1 is 0.654 bits per heavy atom. The highest BCUT2D eigenvalue weighted by atomic mass is 16.1. The van der Waals surface area contributed by atoms with Crippen molar-refractivity contribution < 1.29 is 9.59 Å². The molecule has 0 bridgehead atoms. The molecule has 0 spiro atoms. The number of hydrogen-bond acceptors (Lipinski definition) is 2. The van der Waals surface area contributed by atoms with E-state index in [9.17, 15) is 9.59 Å². The summed E-state index contributed by atoms with van der Waals surface area (Å²) in [6, 6.07) is 26.7. The molecule has 4 rings (SSSR count). The van der Waals surface area contributed by atoms with E-state index in [1.165, 1.54) is 5.56 Å². The van der Waals surface area contributed by atoms with E-state index in [0.29, 0.717) is 17.5 Å². The first-order valence-electron chi connectivity index (χ1n) is 9.02. The minimum atomic E-state index is -0.421. The van der Waals surface area contributed by atoms with Gasteiger partial charge in [-0.3, -0.25) is 9.59 Å². The molecule has 0 heterocycles. The third-order valence-electron chi connectivity index (χ3n) is 5.25. The van der Waals surface area contributed by atoms with Crippen molar-refractivity contribution in [2.75, 3.05) is 0 Å². The standard InChI is InChI=1S/C24H20O2/c25-23(18-10-3-1-4-11-18)21-16-15-17-9-7-8-14-20(17)22(21)24(26)19-12-5-2-6-13-19/h1-14,21-22H,15-16H2. The van der Waals surface area contributed by atoms with Crippen LogP contribution in [-0.2, 0) is 6.42 Å². The van der Waals surface area contributed by atoms with Crippen LogP contribution in [0.15, 0.2) is 84.9 Å². The van der Waals surface area contributed by atoms with Gasteiger partial charge >= 0.3 is 0 Å². The van der Waals surface area contributed by atoms with Crippen LogP contribution in [0.25, 0.3) is 0 Å². The van der Waals surface area contributed by atoms with E-state index in [-0.39, 0.29) is 17.5 Å². The highest BCUT2D eigenvalue weighted by Crippen LogP contribution is 2.40. The maximum atomic E-state index is 13.4. The number of carbonyl (C=O) groups is 2. The molecule has 0 saturated heterocycles. The van der Waals surface area contributed by atoms with Gasteiger partial charge in [-0.25, -0.2) is 0 Å². The maximum Gasteiger partial charge on any atom is 0.171 e. The third kappa shape index (κ3) is 2.99. The van der Waals surface area contributed by atoms with Crippen LogP contribution in [0.1, 0.15) is 44.2 Å². The molecule has 1 aliphatic carbocycles. The van der Waals surface area contributed by atoms with Gasteiger partial charge in [0.25, 0.3) is 0 Å². The van der Waals surface area contributed by atoms with E-state index in [2.05, 4.69) is 6.07 Å². The van der Waals surface area contributed by atoms with Crippen LogP contribution in [0.4, 0.5) is 0 Å². The van der Waals surface area contributed by atoms with Crippen molar-refractivity contribution >= 4 is 11.6 Å². The van der Waals surface area contributed by atoms with Crippen molar-refractivity contribution in [1.82, 2.24) is 0 Å². The van der Waals surface area contributed by atoms with Crippen LogP contribution in [0.2, 0.25) is 0 Å². The molecule has 0 saturated carbocycles. The van der Waals surface area contributed by atoms with Gasteiger partial charge < -0.3 is 0 Å². The largest absolute Gasteiger partial charge is 0.294 e. The Balaban J connectivity index is 1.78. The zero-order chi connectivity index (χ0) is 17.9. The molecule has 2 nitrogen and oxygen atoms in total. The first-order chi connectivity index (χ1) is 12.8. The van der Waals surface area contributed by atoms with E-state index in [1.807, 2.05) is 78.9 Å². The Morgan fingerprint density at radius 3 is 1.85 bits per heavy atom. The second kappa shape index (κ2) is 7.09. The molecule has 26 heavy (non-hydrogen) atoms. The number of hydrogen-bond donors (Lipinski definition) is 0. The monoisotopic (exact) mass is 340 g/mol.